The van der Waals surface area contributed by atoms with Gasteiger partial charge in [0.15, 0.2) is 0 Å². The lowest BCUT2D eigenvalue weighted by Gasteiger charge is -2.40. The number of pyridine rings is 1. The van der Waals surface area contributed by atoms with Gasteiger partial charge in [-0.2, -0.15) is 13.2 Å². The number of aliphatic hydroxyl groups excluding tert-OH is 1. The molecular weight excluding hydrogens is 642 g/mol. The maximum atomic E-state index is 15.2. The number of nitrogens with zero attached hydrogens (tertiary/aromatic N) is 2. The lowest BCUT2D eigenvalue weighted by molar-refractivity contribution is -0.137. The number of benzene rings is 1. The minimum Gasteiger partial charge on any atom is -0.388 e. The standard InChI is InChI=1S/C41H57F4N3O2/c1-8-50-26-29(25-47-7)21-27(2)9-12-31(17-20-46-6)38-33(22-28-10-13-32(14-11-28)41(43,44)45)36(30-15-18-40(5,42)19-16-30)37-34(48-38)23-39(3,4)24-35(37)49/h10-11,13-14,21,25,30-31,35,46,49H,7-9,12,15-20,22-24,26H2,1-6H3/b27-21-,29-25+/t30?,31?,35-,40?/m0/s1. The Morgan fingerprint density at radius 2 is 1.82 bits per heavy atom. The van der Waals surface area contributed by atoms with Gasteiger partial charge in [-0.3, -0.25) is 9.98 Å². The second-order valence-electron chi connectivity index (χ2n) is 15.5. The summed E-state index contributed by atoms with van der Waals surface area (Å²) in [6.07, 6.45) is 4.92. The fourth-order valence-electron chi connectivity index (χ4n) is 7.88. The molecular formula is C41H57F4N3O2. The number of nitrogens with one attached hydrogen (secondary N) is 1. The molecule has 1 aromatic heterocycles. The van der Waals surface area contributed by atoms with Crippen LogP contribution in [0.2, 0.25) is 0 Å². The van der Waals surface area contributed by atoms with Gasteiger partial charge in [0.05, 0.1) is 18.3 Å². The highest BCUT2D eigenvalue weighted by Gasteiger charge is 2.40. The quantitative estimate of drug-likeness (QED) is 0.110. The number of halogens is 4. The molecule has 1 aromatic carbocycles. The number of aliphatic imine (C=N–C) groups is 1. The molecule has 1 saturated carbocycles. The first-order valence-corrected chi connectivity index (χ1v) is 18.2. The largest absolute Gasteiger partial charge is 0.416 e. The summed E-state index contributed by atoms with van der Waals surface area (Å²) in [5.74, 6) is 0.0623. The van der Waals surface area contributed by atoms with E-state index in [1.807, 2.05) is 14.0 Å². The van der Waals surface area contributed by atoms with Crippen LogP contribution in [0.15, 0.2) is 52.7 Å². The maximum Gasteiger partial charge on any atom is 0.416 e. The summed E-state index contributed by atoms with van der Waals surface area (Å²) in [6, 6.07) is 5.41. The van der Waals surface area contributed by atoms with Crippen molar-refractivity contribution < 1.29 is 27.4 Å². The molecule has 9 heteroatoms. The summed E-state index contributed by atoms with van der Waals surface area (Å²) in [5.41, 5.74) is 5.57. The molecule has 1 heterocycles. The van der Waals surface area contributed by atoms with Gasteiger partial charge >= 0.3 is 6.18 Å². The Balaban J connectivity index is 1.88. The van der Waals surface area contributed by atoms with Crippen LogP contribution in [0, 0.1) is 5.41 Å². The Hall–Kier alpha value is -2.88. The van der Waals surface area contributed by atoms with Crippen molar-refractivity contribution >= 4 is 6.72 Å². The molecule has 2 N–H and O–H groups in total. The Labute approximate surface area is 296 Å². The van der Waals surface area contributed by atoms with E-state index in [1.165, 1.54) is 5.57 Å². The van der Waals surface area contributed by atoms with E-state index >= 15 is 4.39 Å². The molecule has 2 aliphatic carbocycles. The van der Waals surface area contributed by atoms with Gasteiger partial charge < -0.3 is 15.2 Å². The molecule has 0 saturated heterocycles. The first kappa shape index (κ1) is 39.9. The average molecular weight is 700 g/mol. The highest BCUT2D eigenvalue weighted by atomic mass is 19.4. The van der Waals surface area contributed by atoms with Crippen LogP contribution in [0.1, 0.15) is 143 Å². The van der Waals surface area contributed by atoms with Crippen molar-refractivity contribution in [1.82, 2.24) is 10.3 Å². The van der Waals surface area contributed by atoms with Crippen molar-refractivity contribution in [1.29, 1.82) is 0 Å². The first-order valence-electron chi connectivity index (χ1n) is 18.2. The average Bonchev–Trinajstić information content (AvgIpc) is 3.03. The number of alkyl halides is 4. The van der Waals surface area contributed by atoms with Crippen LogP contribution in [0.3, 0.4) is 0 Å². The van der Waals surface area contributed by atoms with E-state index in [0.29, 0.717) is 58.2 Å². The topological polar surface area (TPSA) is 66.7 Å². The van der Waals surface area contributed by atoms with Gasteiger partial charge in [-0.25, -0.2) is 4.39 Å². The molecule has 276 valence electrons. The minimum absolute atomic E-state index is 0.0267. The number of rotatable bonds is 15. The van der Waals surface area contributed by atoms with Gasteiger partial charge in [-0.15, -0.1) is 0 Å². The Bertz CT molecular complexity index is 1500. The zero-order valence-electron chi connectivity index (χ0n) is 30.9. The zero-order chi connectivity index (χ0) is 36.7. The molecule has 2 aromatic rings. The molecule has 0 aliphatic heterocycles. The fraction of sp³-hybridized carbons (Fsp3) is 0.610. The van der Waals surface area contributed by atoms with E-state index in [2.05, 4.69) is 43.9 Å². The third-order valence-corrected chi connectivity index (χ3v) is 10.5. The van der Waals surface area contributed by atoms with Gasteiger partial charge in [0.25, 0.3) is 0 Å². The van der Waals surface area contributed by atoms with Crippen molar-refractivity contribution in [3.63, 3.8) is 0 Å². The van der Waals surface area contributed by atoms with E-state index in [1.54, 1.807) is 25.3 Å². The Kier molecular flexibility index (Phi) is 13.6. The van der Waals surface area contributed by atoms with E-state index in [0.717, 1.165) is 77.2 Å². The fourth-order valence-corrected chi connectivity index (χ4v) is 7.88. The van der Waals surface area contributed by atoms with Gasteiger partial charge in [0, 0.05) is 35.7 Å². The van der Waals surface area contributed by atoms with Crippen LogP contribution in [-0.4, -0.2) is 49.3 Å². The number of ether oxygens (including phenoxy) is 1. The molecule has 4 rings (SSSR count). The highest BCUT2D eigenvalue weighted by molar-refractivity contribution is 5.49. The SMILES string of the molecule is C=N/C=C(\C=C(\C)CCC(CCNC)c1nc2c(c(C3CCC(C)(F)CC3)c1Cc1ccc(C(F)(F)F)cc1)[C@@H](O)CC(C)(C)C2)COCC. The number of aromatic nitrogens is 1. The first-order chi connectivity index (χ1) is 23.6. The monoisotopic (exact) mass is 699 g/mol. The van der Waals surface area contributed by atoms with Crippen LogP contribution < -0.4 is 5.32 Å². The van der Waals surface area contributed by atoms with Crippen molar-refractivity contribution in [2.45, 2.75) is 129 Å². The maximum absolute atomic E-state index is 15.2. The van der Waals surface area contributed by atoms with E-state index < -0.39 is 23.5 Å². The van der Waals surface area contributed by atoms with Crippen molar-refractivity contribution in [3.05, 3.63) is 86.9 Å². The summed E-state index contributed by atoms with van der Waals surface area (Å²) in [7, 11) is 1.93. The lowest BCUT2D eigenvalue weighted by Crippen LogP contribution is -2.32. The summed E-state index contributed by atoms with van der Waals surface area (Å²) in [4.78, 5) is 9.40. The number of aliphatic hydroxyl groups is 1. The third-order valence-electron chi connectivity index (χ3n) is 10.5. The molecule has 50 heavy (non-hydrogen) atoms. The number of fused-ring (bicyclic) bond motifs is 1. The van der Waals surface area contributed by atoms with Gasteiger partial charge in [0.2, 0.25) is 0 Å². The van der Waals surface area contributed by atoms with Gasteiger partial charge in [-0.05, 0) is 151 Å². The minimum atomic E-state index is -4.43. The molecule has 1 fully saturated rings. The number of hydrogen-bond donors (Lipinski definition) is 2. The summed E-state index contributed by atoms with van der Waals surface area (Å²) in [6.45, 7) is 15.4. The molecule has 2 aliphatic rings. The van der Waals surface area contributed by atoms with Crippen molar-refractivity contribution in [2.24, 2.45) is 10.4 Å². The van der Waals surface area contributed by atoms with Gasteiger partial charge in [0.1, 0.15) is 5.67 Å². The van der Waals surface area contributed by atoms with E-state index in [9.17, 15) is 18.3 Å². The molecule has 0 spiro atoms. The predicted molar refractivity (Wildman–Crippen MR) is 195 cm³/mol. The third kappa shape index (κ3) is 10.6. The van der Waals surface area contributed by atoms with Crippen LogP contribution in [0.4, 0.5) is 17.6 Å². The lowest BCUT2D eigenvalue weighted by atomic mass is 9.68. The number of hydrogen-bond acceptors (Lipinski definition) is 5. The molecule has 5 nitrogen and oxygen atoms in total. The van der Waals surface area contributed by atoms with Crippen LogP contribution >= 0.6 is 0 Å². The molecule has 1 unspecified atom stereocenters. The zero-order valence-corrected chi connectivity index (χ0v) is 30.9. The van der Waals surface area contributed by atoms with Crippen molar-refractivity contribution in [3.8, 4) is 0 Å². The normalized spacial score (nSPS) is 23.4. The predicted octanol–water partition coefficient (Wildman–Crippen LogP) is 10.1. The molecule has 2 atom stereocenters. The second kappa shape index (κ2) is 17.1. The summed E-state index contributed by atoms with van der Waals surface area (Å²) < 4.78 is 61.4. The summed E-state index contributed by atoms with van der Waals surface area (Å²) >= 11 is 0. The Morgan fingerprint density at radius 3 is 2.42 bits per heavy atom. The summed E-state index contributed by atoms with van der Waals surface area (Å²) in [5, 5.41) is 15.1. The molecule has 0 amide bonds. The Morgan fingerprint density at radius 1 is 1.14 bits per heavy atom. The second-order valence-corrected chi connectivity index (χ2v) is 15.5. The van der Waals surface area contributed by atoms with Crippen LogP contribution in [-0.2, 0) is 23.8 Å². The van der Waals surface area contributed by atoms with E-state index in [4.69, 9.17) is 9.72 Å². The van der Waals surface area contributed by atoms with Crippen molar-refractivity contribution in [2.75, 3.05) is 26.8 Å². The smallest absolute Gasteiger partial charge is 0.388 e. The highest BCUT2D eigenvalue weighted by Crippen LogP contribution is 2.50. The van der Waals surface area contributed by atoms with Gasteiger partial charge in [-0.1, -0.05) is 37.6 Å². The molecule has 0 radical (unpaired) electrons. The molecule has 0 bridgehead atoms. The van der Waals surface area contributed by atoms with Crippen LogP contribution in [0.5, 0.6) is 0 Å². The van der Waals surface area contributed by atoms with Crippen LogP contribution in [0.25, 0.3) is 0 Å². The van der Waals surface area contributed by atoms with E-state index in [-0.39, 0.29) is 17.3 Å². The number of allylic oxidation sites excluding steroid dienone is 1.